The molecule has 0 bridgehead atoms. The van der Waals surface area contributed by atoms with Gasteiger partial charge in [-0.15, -0.1) is 0 Å². The van der Waals surface area contributed by atoms with Gasteiger partial charge in [-0.05, 0) is 23.3 Å². The number of methoxy groups -OCH3 is 1. The van der Waals surface area contributed by atoms with E-state index in [0.717, 1.165) is 23.0 Å². The Balaban J connectivity index is 1.68. The van der Waals surface area contributed by atoms with Gasteiger partial charge in [0, 0.05) is 45.3 Å². The number of aliphatic hydroxyl groups is 1. The standard InChI is InChI=1S/C28H32N4O5/c1-4-23(33)16-25(34)26-27(30-17-20-10-12-24(36-3)13-11-20)31-22(18-29-26)14-15-32(2)28(35)37-19-21-8-6-5-7-9-21/h5-13,16,18,34H,4,14-15,17,19H2,1-3H3,(H,30,31)/b25-16-. The number of hydrogen-bond donors (Lipinski definition) is 2. The minimum atomic E-state index is -0.440. The fourth-order valence-electron chi connectivity index (χ4n) is 3.31. The van der Waals surface area contributed by atoms with Crippen LogP contribution in [0.1, 0.15) is 35.9 Å². The van der Waals surface area contributed by atoms with Crippen molar-refractivity contribution in [2.45, 2.75) is 32.9 Å². The second kappa shape index (κ2) is 13.6. The first kappa shape index (κ1) is 27.2. The first-order valence-corrected chi connectivity index (χ1v) is 12.0. The van der Waals surface area contributed by atoms with Crippen molar-refractivity contribution >= 4 is 23.5 Å². The molecule has 0 unspecified atom stereocenters. The number of ketones is 1. The third-order valence-corrected chi connectivity index (χ3v) is 5.55. The molecule has 0 radical (unpaired) electrons. The summed E-state index contributed by atoms with van der Waals surface area (Å²) in [5, 5.41) is 13.7. The summed E-state index contributed by atoms with van der Waals surface area (Å²) in [5.41, 5.74) is 2.66. The number of benzene rings is 2. The predicted octanol–water partition coefficient (Wildman–Crippen LogP) is 4.79. The number of aromatic nitrogens is 2. The zero-order valence-electron chi connectivity index (χ0n) is 21.3. The molecule has 9 heteroatoms. The maximum Gasteiger partial charge on any atom is 0.409 e. The fourth-order valence-corrected chi connectivity index (χ4v) is 3.31. The molecule has 0 atom stereocenters. The van der Waals surface area contributed by atoms with Crippen LogP contribution < -0.4 is 10.1 Å². The predicted molar refractivity (Wildman–Crippen MR) is 141 cm³/mol. The second-order valence-corrected chi connectivity index (χ2v) is 8.32. The summed E-state index contributed by atoms with van der Waals surface area (Å²) in [6.45, 7) is 2.68. The van der Waals surface area contributed by atoms with E-state index in [1.54, 1.807) is 21.1 Å². The second-order valence-electron chi connectivity index (χ2n) is 8.32. The quantitative estimate of drug-likeness (QED) is 0.267. The molecule has 37 heavy (non-hydrogen) atoms. The molecule has 1 heterocycles. The highest BCUT2D eigenvalue weighted by molar-refractivity contribution is 5.95. The van der Waals surface area contributed by atoms with Crippen molar-refractivity contribution in [3.63, 3.8) is 0 Å². The van der Waals surface area contributed by atoms with Crippen LogP contribution in [0.25, 0.3) is 5.76 Å². The number of carbonyl (C=O) groups is 2. The summed E-state index contributed by atoms with van der Waals surface area (Å²) in [6.07, 6.45) is 2.91. The van der Waals surface area contributed by atoms with Gasteiger partial charge >= 0.3 is 6.09 Å². The lowest BCUT2D eigenvalue weighted by Crippen LogP contribution is -2.29. The molecular weight excluding hydrogens is 472 g/mol. The Morgan fingerprint density at radius 1 is 1.08 bits per heavy atom. The van der Waals surface area contributed by atoms with E-state index in [1.807, 2.05) is 54.6 Å². The average Bonchev–Trinajstić information content (AvgIpc) is 2.94. The zero-order valence-corrected chi connectivity index (χ0v) is 21.3. The van der Waals surface area contributed by atoms with Crippen LogP contribution >= 0.6 is 0 Å². The monoisotopic (exact) mass is 504 g/mol. The highest BCUT2D eigenvalue weighted by atomic mass is 16.6. The number of hydrogen-bond acceptors (Lipinski definition) is 8. The highest BCUT2D eigenvalue weighted by Gasteiger charge is 2.15. The van der Waals surface area contributed by atoms with Gasteiger partial charge in [-0.3, -0.25) is 4.79 Å². The number of anilines is 1. The lowest BCUT2D eigenvalue weighted by atomic mass is 10.2. The Kier molecular flexibility index (Phi) is 10.0. The van der Waals surface area contributed by atoms with Gasteiger partial charge in [0.2, 0.25) is 0 Å². The Morgan fingerprint density at radius 3 is 2.49 bits per heavy atom. The molecule has 2 N–H and O–H groups in total. The first-order valence-electron chi connectivity index (χ1n) is 12.0. The summed E-state index contributed by atoms with van der Waals surface area (Å²) in [6, 6.07) is 17.0. The summed E-state index contributed by atoms with van der Waals surface area (Å²) in [7, 11) is 3.26. The van der Waals surface area contributed by atoms with E-state index in [1.165, 1.54) is 11.1 Å². The maximum atomic E-state index is 12.4. The van der Waals surface area contributed by atoms with E-state index in [9.17, 15) is 14.7 Å². The number of ether oxygens (including phenoxy) is 2. The van der Waals surface area contributed by atoms with Gasteiger partial charge in [-0.1, -0.05) is 49.4 Å². The van der Waals surface area contributed by atoms with Crippen molar-refractivity contribution in [2.24, 2.45) is 0 Å². The number of aliphatic hydroxyl groups excluding tert-OH is 1. The molecule has 1 aromatic heterocycles. The van der Waals surface area contributed by atoms with E-state index >= 15 is 0 Å². The van der Waals surface area contributed by atoms with Gasteiger partial charge in [0.15, 0.2) is 11.6 Å². The molecule has 3 rings (SSSR count). The molecule has 1 amide bonds. The Labute approximate surface area is 216 Å². The van der Waals surface area contributed by atoms with Crippen LogP contribution in [-0.2, 0) is 29.1 Å². The van der Waals surface area contributed by atoms with Crippen LogP contribution in [0.2, 0.25) is 0 Å². The van der Waals surface area contributed by atoms with Crippen LogP contribution in [0.15, 0.2) is 66.9 Å². The number of allylic oxidation sites excluding steroid dienone is 1. The third kappa shape index (κ3) is 8.34. The smallest absolute Gasteiger partial charge is 0.409 e. The van der Waals surface area contributed by atoms with Crippen LogP contribution in [0.3, 0.4) is 0 Å². The normalized spacial score (nSPS) is 11.1. The molecule has 0 aliphatic carbocycles. The Morgan fingerprint density at radius 2 is 1.81 bits per heavy atom. The van der Waals surface area contributed by atoms with E-state index in [4.69, 9.17) is 9.47 Å². The Bertz CT molecular complexity index is 1210. The van der Waals surface area contributed by atoms with Crippen LogP contribution in [0, 0.1) is 0 Å². The number of likely N-dealkylation sites (N-methyl/N-ethyl adjacent to an activating group) is 1. The minimum Gasteiger partial charge on any atom is -0.505 e. The topological polar surface area (TPSA) is 114 Å². The molecule has 0 fully saturated rings. The average molecular weight is 505 g/mol. The fraction of sp³-hybridized carbons (Fsp3) is 0.286. The number of nitrogens with one attached hydrogen (secondary N) is 1. The number of carbonyl (C=O) groups excluding carboxylic acids is 2. The summed E-state index contributed by atoms with van der Waals surface area (Å²) < 4.78 is 10.6. The van der Waals surface area contributed by atoms with E-state index in [0.29, 0.717) is 31.0 Å². The molecule has 2 aromatic carbocycles. The van der Waals surface area contributed by atoms with Crippen molar-refractivity contribution in [3.05, 3.63) is 89.4 Å². The van der Waals surface area contributed by atoms with E-state index < -0.39 is 6.09 Å². The number of rotatable bonds is 12. The first-order chi connectivity index (χ1) is 17.9. The SMILES string of the molecule is CCC(=O)/C=C(\O)c1ncc(CCN(C)C(=O)OCc2ccccc2)nc1NCc1ccc(OC)cc1. The summed E-state index contributed by atoms with van der Waals surface area (Å²) in [5.74, 6) is 0.599. The molecule has 9 nitrogen and oxygen atoms in total. The molecule has 0 aliphatic heterocycles. The van der Waals surface area contributed by atoms with Crippen molar-refractivity contribution in [1.29, 1.82) is 0 Å². The van der Waals surface area contributed by atoms with Crippen LogP contribution in [0.4, 0.5) is 10.6 Å². The van der Waals surface area contributed by atoms with Gasteiger partial charge in [0.1, 0.15) is 23.8 Å². The van der Waals surface area contributed by atoms with Crippen molar-refractivity contribution < 1.29 is 24.2 Å². The van der Waals surface area contributed by atoms with Crippen LogP contribution in [0.5, 0.6) is 5.75 Å². The van der Waals surface area contributed by atoms with Crippen molar-refractivity contribution in [1.82, 2.24) is 14.9 Å². The van der Waals surface area contributed by atoms with Crippen molar-refractivity contribution in [3.8, 4) is 5.75 Å². The van der Waals surface area contributed by atoms with Gasteiger partial charge < -0.3 is 24.8 Å². The van der Waals surface area contributed by atoms with Gasteiger partial charge in [0.05, 0.1) is 12.8 Å². The highest BCUT2D eigenvalue weighted by Crippen LogP contribution is 2.20. The Hall–Kier alpha value is -4.40. The maximum absolute atomic E-state index is 12.4. The molecule has 0 aliphatic rings. The minimum absolute atomic E-state index is 0.176. The van der Waals surface area contributed by atoms with Crippen LogP contribution in [-0.4, -0.2) is 52.6 Å². The molecule has 0 spiro atoms. The van der Waals surface area contributed by atoms with Crippen molar-refractivity contribution in [2.75, 3.05) is 26.0 Å². The van der Waals surface area contributed by atoms with E-state index in [-0.39, 0.29) is 30.3 Å². The molecule has 0 saturated carbocycles. The number of amides is 1. The molecular formula is C28H32N4O5. The van der Waals surface area contributed by atoms with Gasteiger partial charge in [-0.25, -0.2) is 14.8 Å². The summed E-state index contributed by atoms with van der Waals surface area (Å²) >= 11 is 0. The largest absolute Gasteiger partial charge is 0.505 e. The lowest BCUT2D eigenvalue weighted by Gasteiger charge is -2.17. The third-order valence-electron chi connectivity index (χ3n) is 5.55. The number of nitrogens with zero attached hydrogens (tertiary/aromatic N) is 3. The van der Waals surface area contributed by atoms with E-state index in [2.05, 4.69) is 15.3 Å². The zero-order chi connectivity index (χ0) is 26.6. The molecule has 194 valence electrons. The lowest BCUT2D eigenvalue weighted by molar-refractivity contribution is -0.114. The summed E-state index contributed by atoms with van der Waals surface area (Å²) in [4.78, 5) is 34.6. The molecule has 0 saturated heterocycles. The van der Waals surface area contributed by atoms with Gasteiger partial charge in [0.25, 0.3) is 0 Å². The van der Waals surface area contributed by atoms with Gasteiger partial charge in [-0.2, -0.15) is 0 Å². The molecule has 3 aromatic rings.